The van der Waals surface area contributed by atoms with E-state index in [0.717, 1.165) is 0 Å². The molecule has 0 spiro atoms. The first kappa shape index (κ1) is 22.5. The molecule has 0 saturated carbocycles. The summed E-state index contributed by atoms with van der Waals surface area (Å²) in [7, 11) is 0. The minimum absolute atomic E-state index is 0. The van der Waals surface area contributed by atoms with Crippen LogP contribution in [0.3, 0.4) is 0 Å². The summed E-state index contributed by atoms with van der Waals surface area (Å²) in [5.41, 5.74) is 6.62. The molecule has 0 bridgehead atoms. The summed E-state index contributed by atoms with van der Waals surface area (Å²) in [5.74, 6) is 0. The van der Waals surface area contributed by atoms with E-state index in [4.69, 9.17) is 0 Å². The van der Waals surface area contributed by atoms with E-state index < -0.39 is 16.6 Å². The van der Waals surface area contributed by atoms with Crippen molar-refractivity contribution in [2.45, 2.75) is 66.5 Å². The van der Waals surface area contributed by atoms with Gasteiger partial charge in [-0.15, -0.1) is 24.8 Å². The van der Waals surface area contributed by atoms with Gasteiger partial charge >= 0.3 is 131 Å². The molecule has 0 unspecified atom stereocenters. The summed E-state index contributed by atoms with van der Waals surface area (Å²) in [6.07, 6.45) is 9.83. The van der Waals surface area contributed by atoms with Crippen molar-refractivity contribution in [1.29, 1.82) is 0 Å². The number of hydrogen-bond donors (Lipinski definition) is 0. The molecule has 0 saturated heterocycles. The molecule has 22 heavy (non-hydrogen) atoms. The molecule has 124 valence electrons. The van der Waals surface area contributed by atoms with Gasteiger partial charge in [-0.2, -0.15) is 0 Å². The Morgan fingerprint density at radius 2 is 1.23 bits per heavy atom. The molecule has 0 aromatic heterocycles. The van der Waals surface area contributed by atoms with E-state index in [1.54, 1.807) is 22.3 Å². The van der Waals surface area contributed by atoms with Crippen LogP contribution >= 0.6 is 24.8 Å². The zero-order valence-corrected chi connectivity index (χ0v) is 19.0. The zero-order valence-electron chi connectivity index (χ0n) is 14.8. The van der Waals surface area contributed by atoms with Crippen molar-refractivity contribution in [2.75, 3.05) is 0 Å². The molecule has 0 aromatic carbocycles. The molecule has 2 rings (SSSR count). The number of hydrogen-bond acceptors (Lipinski definition) is 0. The molecule has 0 fully saturated rings. The predicted molar refractivity (Wildman–Crippen MR) is 103 cm³/mol. The second kappa shape index (κ2) is 9.69. The molecule has 0 nitrogen and oxygen atoms in total. The van der Waals surface area contributed by atoms with Crippen LogP contribution in [-0.4, -0.2) is 6.19 Å². The maximum Gasteiger partial charge on any atom is -0.147 e. The van der Waals surface area contributed by atoms with E-state index in [9.17, 15) is 0 Å². The van der Waals surface area contributed by atoms with Crippen LogP contribution in [0.15, 0.2) is 42.2 Å². The van der Waals surface area contributed by atoms with E-state index in [2.05, 4.69) is 52.9 Å². The third-order valence-corrected chi connectivity index (χ3v) is 16.7. The average Bonchev–Trinajstić information content (AvgIpc) is 2.95. The van der Waals surface area contributed by atoms with Gasteiger partial charge in [-0.3, -0.25) is 0 Å². The van der Waals surface area contributed by atoms with Crippen LogP contribution in [0.1, 0.15) is 53.4 Å². The first-order valence-electron chi connectivity index (χ1n) is 7.97. The Bertz CT molecular complexity index is 542. The van der Waals surface area contributed by atoms with Crippen LogP contribution < -0.4 is 0 Å². The Morgan fingerprint density at radius 3 is 1.45 bits per heavy atom. The quantitative estimate of drug-likeness (QED) is 0.465. The molecular formula is C18H30Cl2SiTi. The monoisotopic (exact) mass is 392 g/mol. The summed E-state index contributed by atoms with van der Waals surface area (Å²) in [6.45, 7) is 14.5. The number of halogens is 2. The maximum absolute atomic E-state index is 2.56. The molecule has 0 N–H and O–H groups in total. The van der Waals surface area contributed by atoms with Crippen LogP contribution in [0.5, 0.6) is 0 Å². The first-order valence-corrected chi connectivity index (χ1v) is 14.4. The van der Waals surface area contributed by atoms with Gasteiger partial charge in [0, 0.05) is 0 Å². The summed E-state index contributed by atoms with van der Waals surface area (Å²) in [4.78, 5) is 0. The Kier molecular flexibility index (Phi) is 9.90. The van der Waals surface area contributed by atoms with Crippen LogP contribution in [0.2, 0.25) is 13.1 Å². The van der Waals surface area contributed by atoms with Crippen molar-refractivity contribution in [3.05, 3.63) is 42.2 Å². The van der Waals surface area contributed by atoms with Gasteiger partial charge in [0.1, 0.15) is 0 Å². The van der Waals surface area contributed by atoms with Crippen molar-refractivity contribution in [3.8, 4) is 0 Å². The third kappa shape index (κ3) is 4.30. The van der Waals surface area contributed by atoms with Crippen molar-refractivity contribution in [2.24, 2.45) is 0 Å². The molecule has 0 amide bonds. The van der Waals surface area contributed by atoms with Crippen LogP contribution in [0.25, 0.3) is 0 Å². The van der Waals surface area contributed by atoms with E-state index >= 15 is 0 Å². The molecule has 4 heteroatoms. The molecule has 2 aliphatic carbocycles. The predicted octanol–water partition coefficient (Wildman–Crippen LogP) is 6.73. The summed E-state index contributed by atoms with van der Waals surface area (Å²) in [5, 5.41) is 0. The molecule has 2 aliphatic rings. The molecular weight excluding hydrogens is 363 g/mol. The molecule has 0 aliphatic heterocycles. The maximum atomic E-state index is 2.56. The Labute approximate surface area is 155 Å². The van der Waals surface area contributed by atoms with Crippen molar-refractivity contribution in [3.63, 3.8) is 0 Å². The third-order valence-electron chi connectivity index (χ3n) is 4.84. The minimum atomic E-state index is -1.20. The van der Waals surface area contributed by atoms with Gasteiger partial charge in [0.15, 0.2) is 0 Å². The Balaban J connectivity index is 0.00000220. The Morgan fingerprint density at radius 1 is 0.864 bits per heavy atom. The standard InChI is InChI=1S/2C8H11.C2H6Si.2ClH.Ti/c2*1-3-8-6-4-5-7(8)2;1-3-2;;;/h2*6H,3-4H2,1-2H3;1-2H3;2*1H;. The van der Waals surface area contributed by atoms with E-state index in [1.807, 2.05) is 7.76 Å². The fourth-order valence-electron chi connectivity index (χ4n) is 3.63. The van der Waals surface area contributed by atoms with Crippen LogP contribution in [0, 0.1) is 0 Å². The largest absolute Gasteiger partial charge is 0.147 e. The summed E-state index contributed by atoms with van der Waals surface area (Å²) < 4.78 is 3.81. The fourth-order valence-corrected chi connectivity index (χ4v) is 16.1. The van der Waals surface area contributed by atoms with Crippen LogP contribution in [0.4, 0.5) is 0 Å². The fraction of sp³-hybridized carbons (Fsp3) is 0.556. The molecule has 0 heterocycles. The van der Waals surface area contributed by atoms with Crippen molar-refractivity contribution in [1.82, 2.24) is 0 Å². The summed E-state index contributed by atoms with van der Waals surface area (Å²) in [6, 6.07) is 0. The van der Waals surface area contributed by atoms with Gasteiger partial charge < -0.3 is 0 Å². The minimum Gasteiger partial charge on any atom is -0.147 e. The second-order valence-corrected chi connectivity index (χ2v) is 18.0. The smallest absolute Gasteiger partial charge is 0.147 e. The molecule has 0 radical (unpaired) electrons. The van der Waals surface area contributed by atoms with Gasteiger partial charge in [-0.25, -0.2) is 0 Å². The zero-order chi connectivity index (χ0) is 14.9. The number of allylic oxidation sites excluding steroid dienone is 8. The van der Waals surface area contributed by atoms with Crippen LogP contribution in [-0.2, 0) is 16.6 Å². The second-order valence-electron chi connectivity index (χ2n) is 6.16. The van der Waals surface area contributed by atoms with E-state index in [0.29, 0.717) is 0 Å². The van der Waals surface area contributed by atoms with Gasteiger partial charge in [0.2, 0.25) is 0 Å². The normalized spacial score (nSPS) is 17.0. The van der Waals surface area contributed by atoms with Gasteiger partial charge in [-0.1, -0.05) is 0 Å². The van der Waals surface area contributed by atoms with E-state index in [1.165, 1.54) is 25.7 Å². The number of rotatable bonds is 4. The van der Waals surface area contributed by atoms with E-state index in [-0.39, 0.29) is 31.0 Å². The average molecular weight is 393 g/mol. The van der Waals surface area contributed by atoms with Crippen molar-refractivity contribution < 1.29 is 16.6 Å². The molecule has 0 aromatic rings. The molecule has 0 atom stereocenters. The first-order chi connectivity index (χ1) is 9.51. The van der Waals surface area contributed by atoms with Gasteiger partial charge in [0.05, 0.1) is 0 Å². The topological polar surface area (TPSA) is 0 Å². The summed E-state index contributed by atoms with van der Waals surface area (Å²) >= 11 is -1.20. The van der Waals surface area contributed by atoms with Gasteiger partial charge in [0.25, 0.3) is 0 Å². The van der Waals surface area contributed by atoms with Gasteiger partial charge in [-0.05, 0) is 0 Å². The SMILES string of the molecule is CCC1=CC[C]([Ti]([C]2=C(C)C(CC)=CC2)=[Si](C)C)=C1C.Cl.Cl. The van der Waals surface area contributed by atoms with Crippen molar-refractivity contribution >= 4 is 31.0 Å². The Hall–Kier alpha value is 0.471.